The molecule has 0 aromatic heterocycles. The Hall–Kier alpha value is -1.68. The molecule has 4 heteroatoms. The molecule has 106 valence electrons. The maximum absolute atomic E-state index is 12.4. The predicted octanol–water partition coefficient (Wildman–Crippen LogP) is 1.92. The van der Waals surface area contributed by atoms with E-state index in [0.717, 1.165) is 24.0 Å². The van der Waals surface area contributed by atoms with Gasteiger partial charge in [0.25, 0.3) is 0 Å². The lowest BCUT2D eigenvalue weighted by atomic mass is 9.63. The zero-order valence-corrected chi connectivity index (χ0v) is 11.6. The molecule has 0 bridgehead atoms. The maximum atomic E-state index is 12.4. The summed E-state index contributed by atoms with van der Waals surface area (Å²) in [6.07, 6.45) is 1.95. The zero-order chi connectivity index (χ0) is 14.2. The van der Waals surface area contributed by atoms with Gasteiger partial charge in [-0.25, -0.2) is 0 Å². The van der Waals surface area contributed by atoms with Gasteiger partial charge in [-0.05, 0) is 30.7 Å². The standard InChI is InChI=1S/C16H19NO3/c1-11-3-2-4-12(9-11)14-15(19)17-13(18)10-16(14)5-7-20-8-6-16/h2-4,9,14H,5-8,10H2,1H3,(H,17,18,19). The molecular weight excluding hydrogens is 254 g/mol. The highest BCUT2D eigenvalue weighted by Crippen LogP contribution is 2.48. The SMILES string of the molecule is Cc1cccc(C2C(=O)NC(=O)CC23CCOCC3)c1. The van der Waals surface area contributed by atoms with Crippen LogP contribution in [0.25, 0.3) is 0 Å². The van der Waals surface area contributed by atoms with Gasteiger partial charge in [0.2, 0.25) is 11.8 Å². The van der Waals surface area contributed by atoms with Gasteiger partial charge in [0, 0.05) is 19.6 Å². The Kier molecular flexibility index (Phi) is 3.34. The van der Waals surface area contributed by atoms with Crippen molar-refractivity contribution in [1.29, 1.82) is 0 Å². The molecule has 1 N–H and O–H groups in total. The second kappa shape index (κ2) is 5.02. The van der Waals surface area contributed by atoms with E-state index in [9.17, 15) is 9.59 Å². The monoisotopic (exact) mass is 273 g/mol. The number of benzene rings is 1. The summed E-state index contributed by atoms with van der Waals surface area (Å²) in [5.41, 5.74) is 1.87. The summed E-state index contributed by atoms with van der Waals surface area (Å²) < 4.78 is 5.43. The number of imide groups is 1. The Morgan fingerprint density at radius 1 is 1.25 bits per heavy atom. The highest BCUT2D eigenvalue weighted by molar-refractivity contribution is 6.02. The number of hydrogen-bond donors (Lipinski definition) is 1. The number of ether oxygens (including phenoxy) is 1. The van der Waals surface area contributed by atoms with Crippen LogP contribution < -0.4 is 5.32 Å². The Balaban J connectivity index is 2.03. The second-order valence-corrected chi connectivity index (χ2v) is 5.91. The minimum Gasteiger partial charge on any atom is -0.381 e. The van der Waals surface area contributed by atoms with Crippen molar-refractivity contribution < 1.29 is 14.3 Å². The minimum absolute atomic E-state index is 0.152. The Bertz CT molecular complexity index is 546. The Morgan fingerprint density at radius 2 is 2.00 bits per heavy atom. The van der Waals surface area contributed by atoms with Crippen LogP contribution >= 0.6 is 0 Å². The van der Waals surface area contributed by atoms with Gasteiger partial charge in [0.05, 0.1) is 5.92 Å². The predicted molar refractivity (Wildman–Crippen MR) is 74.2 cm³/mol. The van der Waals surface area contributed by atoms with Crippen LogP contribution in [-0.4, -0.2) is 25.0 Å². The normalized spacial score (nSPS) is 25.6. The van der Waals surface area contributed by atoms with Gasteiger partial charge >= 0.3 is 0 Å². The number of hydrogen-bond acceptors (Lipinski definition) is 3. The maximum Gasteiger partial charge on any atom is 0.234 e. The Morgan fingerprint density at radius 3 is 2.70 bits per heavy atom. The molecule has 0 saturated carbocycles. The largest absolute Gasteiger partial charge is 0.381 e. The fourth-order valence-electron chi connectivity index (χ4n) is 3.55. The fraction of sp³-hybridized carbons (Fsp3) is 0.500. The summed E-state index contributed by atoms with van der Waals surface area (Å²) in [5.74, 6) is -0.557. The number of carbonyl (C=O) groups excluding carboxylic acids is 2. The summed E-state index contributed by atoms with van der Waals surface area (Å²) in [6, 6.07) is 8.04. The van der Waals surface area contributed by atoms with Crippen LogP contribution in [0.5, 0.6) is 0 Å². The highest BCUT2D eigenvalue weighted by atomic mass is 16.5. The molecule has 0 aliphatic carbocycles. The summed E-state index contributed by atoms with van der Waals surface area (Å²) >= 11 is 0. The first-order chi connectivity index (χ1) is 9.61. The number of carbonyl (C=O) groups is 2. The van der Waals surface area contributed by atoms with Crippen molar-refractivity contribution in [2.24, 2.45) is 5.41 Å². The topological polar surface area (TPSA) is 55.4 Å². The molecule has 1 atom stereocenters. The molecule has 2 fully saturated rings. The highest BCUT2D eigenvalue weighted by Gasteiger charge is 2.49. The van der Waals surface area contributed by atoms with Crippen LogP contribution in [0.4, 0.5) is 0 Å². The first-order valence-corrected chi connectivity index (χ1v) is 7.09. The van der Waals surface area contributed by atoms with E-state index in [1.165, 1.54) is 0 Å². The van der Waals surface area contributed by atoms with E-state index in [4.69, 9.17) is 4.74 Å². The molecule has 4 nitrogen and oxygen atoms in total. The number of rotatable bonds is 1. The van der Waals surface area contributed by atoms with Crippen LogP contribution in [-0.2, 0) is 14.3 Å². The van der Waals surface area contributed by atoms with Gasteiger partial charge < -0.3 is 4.74 Å². The number of nitrogens with one attached hydrogen (secondary N) is 1. The fourth-order valence-corrected chi connectivity index (χ4v) is 3.55. The van der Waals surface area contributed by atoms with E-state index in [-0.39, 0.29) is 23.1 Å². The van der Waals surface area contributed by atoms with Crippen LogP contribution in [0.1, 0.15) is 36.3 Å². The molecule has 1 spiro atoms. The number of aryl methyl sites for hydroxylation is 1. The van der Waals surface area contributed by atoms with Crippen molar-refractivity contribution in [3.63, 3.8) is 0 Å². The number of amides is 2. The quantitative estimate of drug-likeness (QED) is 0.795. The smallest absolute Gasteiger partial charge is 0.234 e. The van der Waals surface area contributed by atoms with E-state index >= 15 is 0 Å². The molecule has 0 radical (unpaired) electrons. The van der Waals surface area contributed by atoms with Crippen molar-refractivity contribution in [2.75, 3.05) is 13.2 Å². The molecule has 2 amide bonds. The first kappa shape index (κ1) is 13.3. The lowest BCUT2D eigenvalue weighted by molar-refractivity contribution is -0.143. The lowest BCUT2D eigenvalue weighted by Crippen LogP contribution is -2.52. The van der Waals surface area contributed by atoms with Crippen LogP contribution in [0.15, 0.2) is 24.3 Å². The molecular formula is C16H19NO3. The van der Waals surface area contributed by atoms with Crippen molar-refractivity contribution in [1.82, 2.24) is 5.32 Å². The van der Waals surface area contributed by atoms with Gasteiger partial charge in [-0.2, -0.15) is 0 Å². The lowest BCUT2D eigenvalue weighted by Gasteiger charge is -2.45. The minimum atomic E-state index is -0.272. The third-order valence-corrected chi connectivity index (χ3v) is 4.51. The molecule has 20 heavy (non-hydrogen) atoms. The van der Waals surface area contributed by atoms with E-state index in [1.54, 1.807) is 0 Å². The zero-order valence-electron chi connectivity index (χ0n) is 11.6. The van der Waals surface area contributed by atoms with Crippen molar-refractivity contribution in [3.8, 4) is 0 Å². The summed E-state index contributed by atoms with van der Waals surface area (Å²) in [6.45, 7) is 3.28. The first-order valence-electron chi connectivity index (χ1n) is 7.09. The molecule has 2 aliphatic rings. The molecule has 3 rings (SSSR count). The van der Waals surface area contributed by atoms with E-state index in [2.05, 4.69) is 11.4 Å². The molecule has 2 heterocycles. The van der Waals surface area contributed by atoms with Crippen LogP contribution in [0.2, 0.25) is 0 Å². The van der Waals surface area contributed by atoms with Crippen LogP contribution in [0, 0.1) is 12.3 Å². The number of piperidine rings is 1. The van der Waals surface area contributed by atoms with Gasteiger partial charge in [-0.3, -0.25) is 14.9 Å². The van der Waals surface area contributed by atoms with Crippen molar-refractivity contribution in [3.05, 3.63) is 35.4 Å². The third kappa shape index (κ3) is 2.24. The molecule has 1 aromatic rings. The van der Waals surface area contributed by atoms with Crippen molar-refractivity contribution in [2.45, 2.75) is 32.1 Å². The molecule has 2 saturated heterocycles. The van der Waals surface area contributed by atoms with E-state index < -0.39 is 0 Å². The van der Waals surface area contributed by atoms with Gasteiger partial charge in [-0.1, -0.05) is 29.8 Å². The third-order valence-electron chi connectivity index (χ3n) is 4.51. The molecule has 1 unspecified atom stereocenters. The van der Waals surface area contributed by atoms with Crippen molar-refractivity contribution >= 4 is 11.8 Å². The summed E-state index contributed by atoms with van der Waals surface area (Å²) in [4.78, 5) is 24.2. The average molecular weight is 273 g/mol. The van der Waals surface area contributed by atoms with E-state index in [0.29, 0.717) is 19.6 Å². The summed E-state index contributed by atoms with van der Waals surface area (Å²) in [5, 5.41) is 2.50. The molecule has 1 aromatic carbocycles. The second-order valence-electron chi connectivity index (χ2n) is 5.91. The molecule has 2 aliphatic heterocycles. The van der Waals surface area contributed by atoms with Crippen LogP contribution in [0.3, 0.4) is 0 Å². The Labute approximate surface area is 118 Å². The summed E-state index contributed by atoms with van der Waals surface area (Å²) in [7, 11) is 0. The van der Waals surface area contributed by atoms with E-state index in [1.807, 2.05) is 25.1 Å². The van der Waals surface area contributed by atoms with Gasteiger partial charge in [0.1, 0.15) is 0 Å². The average Bonchev–Trinajstić information content (AvgIpc) is 2.38. The van der Waals surface area contributed by atoms with Gasteiger partial charge in [0.15, 0.2) is 0 Å². The van der Waals surface area contributed by atoms with Gasteiger partial charge in [-0.15, -0.1) is 0 Å².